The maximum Gasteiger partial charge on any atom is 0.356 e. The van der Waals surface area contributed by atoms with Crippen LogP contribution in [0.5, 0.6) is 0 Å². The molecule has 0 radical (unpaired) electrons. The van der Waals surface area contributed by atoms with Crippen molar-refractivity contribution in [3.05, 3.63) is 65.2 Å². The summed E-state index contributed by atoms with van der Waals surface area (Å²) in [7, 11) is 0. The van der Waals surface area contributed by atoms with Gasteiger partial charge in [0, 0.05) is 17.6 Å². The third-order valence-corrected chi connectivity index (χ3v) is 4.23. The van der Waals surface area contributed by atoms with Gasteiger partial charge in [-0.15, -0.1) is 0 Å². The molecule has 0 aliphatic heterocycles. The van der Waals surface area contributed by atoms with Gasteiger partial charge >= 0.3 is 5.97 Å². The number of nitrogens with zero attached hydrogens (tertiary/aromatic N) is 4. The number of carbonyl (C=O) groups is 2. The summed E-state index contributed by atoms with van der Waals surface area (Å²) in [6.07, 6.45) is 1.48. The first-order valence-electron chi connectivity index (χ1n) is 8.53. The largest absolute Gasteiger partial charge is 0.476 e. The summed E-state index contributed by atoms with van der Waals surface area (Å²) >= 11 is 0. The van der Waals surface area contributed by atoms with Gasteiger partial charge < -0.3 is 10.4 Å². The second kappa shape index (κ2) is 7.45. The molecule has 0 bridgehead atoms. The minimum Gasteiger partial charge on any atom is -0.476 e. The molecule has 8 nitrogen and oxygen atoms in total. The molecule has 3 rings (SSSR count). The zero-order valence-electron chi connectivity index (χ0n) is 15.4. The Morgan fingerprint density at radius 2 is 1.96 bits per heavy atom. The first-order chi connectivity index (χ1) is 12.8. The molecule has 0 saturated heterocycles. The minimum absolute atomic E-state index is 0.0958. The van der Waals surface area contributed by atoms with Gasteiger partial charge in [-0.3, -0.25) is 14.2 Å². The van der Waals surface area contributed by atoms with Crippen molar-refractivity contribution in [3.63, 3.8) is 0 Å². The van der Waals surface area contributed by atoms with Crippen LogP contribution >= 0.6 is 0 Å². The lowest BCUT2D eigenvalue weighted by Gasteiger charge is -2.13. The van der Waals surface area contributed by atoms with Crippen molar-refractivity contribution in [3.8, 4) is 0 Å². The molecule has 140 valence electrons. The molecule has 1 atom stereocenters. The highest BCUT2D eigenvalue weighted by molar-refractivity contribution is 5.93. The van der Waals surface area contributed by atoms with E-state index in [0.29, 0.717) is 12.2 Å². The van der Waals surface area contributed by atoms with Crippen molar-refractivity contribution >= 4 is 17.6 Å². The molecular weight excluding hydrogens is 346 g/mol. The third kappa shape index (κ3) is 4.22. The molecule has 0 aliphatic rings. The van der Waals surface area contributed by atoms with E-state index < -0.39 is 12.0 Å². The first-order valence-corrected chi connectivity index (χ1v) is 8.53. The summed E-state index contributed by atoms with van der Waals surface area (Å²) in [5.41, 5.74) is 3.62. The van der Waals surface area contributed by atoms with E-state index in [4.69, 9.17) is 5.11 Å². The number of benzene rings is 1. The van der Waals surface area contributed by atoms with Gasteiger partial charge in [0.2, 0.25) is 5.91 Å². The van der Waals surface area contributed by atoms with Gasteiger partial charge in [-0.2, -0.15) is 10.2 Å². The van der Waals surface area contributed by atoms with Gasteiger partial charge in [0.15, 0.2) is 5.69 Å². The van der Waals surface area contributed by atoms with Crippen LogP contribution in [0.1, 0.15) is 40.4 Å². The Kier molecular flexibility index (Phi) is 5.07. The Morgan fingerprint density at radius 1 is 1.19 bits per heavy atom. The van der Waals surface area contributed by atoms with Crippen molar-refractivity contribution in [1.29, 1.82) is 0 Å². The molecule has 2 N–H and O–H groups in total. The number of nitrogens with one attached hydrogen (secondary N) is 1. The second-order valence-corrected chi connectivity index (χ2v) is 6.44. The Bertz CT molecular complexity index is 989. The van der Waals surface area contributed by atoms with Gasteiger partial charge in [-0.05, 0) is 50.6 Å². The van der Waals surface area contributed by atoms with Crippen LogP contribution in [0.4, 0.5) is 5.69 Å². The number of carboxylic acid groups (broad SMARTS) is 1. The van der Waals surface area contributed by atoms with Crippen LogP contribution in [0.2, 0.25) is 0 Å². The fraction of sp³-hybridized carbons (Fsp3) is 0.263. The molecule has 1 aromatic carbocycles. The van der Waals surface area contributed by atoms with Crippen molar-refractivity contribution in [1.82, 2.24) is 19.6 Å². The summed E-state index contributed by atoms with van der Waals surface area (Å²) in [6, 6.07) is 10.3. The quantitative estimate of drug-likeness (QED) is 0.697. The molecular formula is C19H21N5O3. The van der Waals surface area contributed by atoms with E-state index in [1.54, 1.807) is 13.0 Å². The third-order valence-electron chi connectivity index (χ3n) is 4.23. The fourth-order valence-electron chi connectivity index (χ4n) is 2.79. The Hall–Kier alpha value is -3.42. The maximum atomic E-state index is 12.5. The second-order valence-electron chi connectivity index (χ2n) is 6.44. The van der Waals surface area contributed by atoms with Crippen molar-refractivity contribution in [2.45, 2.75) is 33.4 Å². The molecule has 27 heavy (non-hydrogen) atoms. The molecule has 1 amide bonds. The number of rotatable bonds is 6. The summed E-state index contributed by atoms with van der Waals surface area (Å²) in [5.74, 6) is -1.41. The highest BCUT2D eigenvalue weighted by Gasteiger charge is 2.18. The van der Waals surface area contributed by atoms with Crippen LogP contribution in [0, 0.1) is 13.8 Å². The highest BCUT2D eigenvalue weighted by atomic mass is 16.4. The zero-order valence-corrected chi connectivity index (χ0v) is 15.4. The average Bonchev–Trinajstić information content (AvgIpc) is 3.21. The monoisotopic (exact) mass is 367 g/mol. The number of aromatic nitrogens is 4. The summed E-state index contributed by atoms with van der Waals surface area (Å²) in [4.78, 5) is 23.4. The topological polar surface area (TPSA) is 102 Å². The number of aromatic carboxylic acids is 1. The number of amides is 1. The lowest BCUT2D eigenvalue weighted by molar-refractivity contribution is -0.119. The average molecular weight is 367 g/mol. The van der Waals surface area contributed by atoms with Crippen molar-refractivity contribution in [2.75, 3.05) is 5.32 Å². The van der Waals surface area contributed by atoms with Gasteiger partial charge in [0.25, 0.3) is 0 Å². The van der Waals surface area contributed by atoms with Gasteiger partial charge in [-0.25, -0.2) is 4.79 Å². The van der Waals surface area contributed by atoms with E-state index in [1.807, 2.05) is 42.8 Å². The summed E-state index contributed by atoms with van der Waals surface area (Å²) < 4.78 is 3.24. The SMILES string of the molecule is Cc1cc(C)n(Cc2cccc(NC(=O)C(C)n3ccc(C(=O)O)n3)c2)n1. The van der Waals surface area contributed by atoms with Crippen LogP contribution in [-0.4, -0.2) is 36.5 Å². The standard InChI is InChI=1S/C19H21N5O3/c1-12-9-13(2)24(21-12)11-15-5-4-6-16(10-15)20-18(25)14(3)23-8-7-17(22-23)19(26)27/h4-10,14H,11H2,1-3H3,(H,20,25)(H,26,27). The number of hydrogen-bond donors (Lipinski definition) is 2. The highest BCUT2D eigenvalue weighted by Crippen LogP contribution is 2.16. The lowest BCUT2D eigenvalue weighted by Crippen LogP contribution is -2.24. The molecule has 2 heterocycles. The van der Waals surface area contributed by atoms with Crippen molar-refractivity contribution in [2.24, 2.45) is 0 Å². The number of anilines is 1. The lowest BCUT2D eigenvalue weighted by atomic mass is 10.2. The minimum atomic E-state index is -1.13. The predicted molar refractivity (Wildman–Crippen MR) is 99.8 cm³/mol. The van der Waals surface area contributed by atoms with Gasteiger partial charge in [-0.1, -0.05) is 12.1 Å². The van der Waals surface area contributed by atoms with E-state index in [-0.39, 0.29) is 11.6 Å². The molecule has 0 spiro atoms. The van der Waals surface area contributed by atoms with E-state index in [2.05, 4.69) is 15.5 Å². The normalized spacial score (nSPS) is 12.0. The van der Waals surface area contributed by atoms with Gasteiger partial charge in [0.1, 0.15) is 6.04 Å². The Balaban J connectivity index is 1.70. The fourth-order valence-corrected chi connectivity index (χ4v) is 2.79. The van der Waals surface area contributed by atoms with Crippen LogP contribution in [-0.2, 0) is 11.3 Å². The molecule has 0 saturated carbocycles. The van der Waals surface area contributed by atoms with E-state index >= 15 is 0 Å². The number of aryl methyl sites for hydroxylation is 2. The van der Waals surface area contributed by atoms with E-state index in [0.717, 1.165) is 17.0 Å². The zero-order chi connectivity index (χ0) is 19.6. The number of carbonyl (C=O) groups excluding carboxylic acids is 1. The summed E-state index contributed by atoms with van der Waals surface area (Å²) in [6.45, 7) is 6.23. The molecule has 0 fully saturated rings. The van der Waals surface area contributed by atoms with Gasteiger partial charge in [0.05, 0.1) is 12.2 Å². The Labute approximate surface area is 156 Å². The van der Waals surface area contributed by atoms with Crippen LogP contribution in [0.15, 0.2) is 42.6 Å². The van der Waals surface area contributed by atoms with Crippen LogP contribution in [0.3, 0.4) is 0 Å². The molecule has 3 aromatic rings. The van der Waals surface area contributed by atoms with E-state index in [9.17, 15) is 9.59 Å². The Morgan fingerprint density at radius 3 is 2.59 bits per heavy atom. The molecule has 2 aromatic heterocycles. The smallest absolute Gasteiger partial charge is 0.356 e. The van der Waals surface area contributed by atoms with Crippen molar-refractivity contribution < 1.29 is 14.7 Å². The molecule has 1 unspecified atom stereocenters. The predicted octanol–water partition coefficient (Wildman–Crippen LogP) is 2.64. The van der Waals surface area contributed by atoms with E-state index in [1.165, 1.54) is 16.9 Å². The van der Waals surface area contributed by atoms with Crippen LogP contribution < -0.4 is 5.32 Å². The maximum absolute atomic E-state index is 12.5. The number of hydrogen-bond acceptors (Lipinski definition) is 4. The summed E-state index contributed by atoms with van der Waals surface area (Å²) in [5, 5.41) is 20.1. The molecule has 0 aliphatic carbocycles. The number of carboxylic acids is 1. The molecule has 8 heteroatoms. The first kappa shape index (κ1) is 18.4. The van der Waals surface area contributed by atoms with Crippen LogP contribution in [0.25, 0.3) is 0 Å².